The van der Waals surface area contributed by atoms with Crippen LogP contribution in [-0.4, -0.2) is 38.8 Å². The van der Waals surface area contributed by atoms with Gasteiger partial charge in [-0.25, -0.2) is 9.78 Å². The quantitative estimate of drug-likeness (QED) is 0.796. The number of carbonyl (C=O) groups is 1. The van der Waals surface area contributed by atoms with E-state index >= 15 is 0 Å². The number of thioether (sulfide) groups is 1. The zero-order valence-electron chi connectivity index (χ0n) is 10.9. The molecule has 0 saturated heterocycles. The average molecular weight is 296 g/mol. The predicted molar refractivity (Wildman–Crippen MR) is 77.6 cm³/mol. The first-order valence-electron chi connectivity index (χ1n) is 6.10. The van der Waals surface area contributed by atoms with Crippen LogP contribution in [0.2, 0.25) is 0 Å². The molecular weight excluding hydrogens is 280 g/mol. The van der Waals surface area contributed by atoms with E-state index in [1.165, 1.54) is 27.6 Å². The molecule has 0 saturated carbocycles. The molecule has 0 unspecified atom stereocenters. The molecule has 0 radical (unpaired) electrons. The fourth-order valence-corrected chi connectivity index (χ4v) is 3.15. The van der Waals surface area contributed by atoms with E-state index in [0.717, 1.165) is 5.75 Å². The maximum Gasteiger partial charge on any atom is 0.346 e. The van der Waals surface area contributed by atoms with Crippen LogP contribution in [0.5, 0.6) is 0 Å². The second-order valence-corrected chi connectivity index (χ2v) is 5.77. The summed E-state index contributed by atoms with van der Waals surface area (Å²) in [5, 5.41) is 6.89. The Morgan fingerprint density at radius 1 is 1.47 bits per heavy atom. The van der Waals surface area contributed by atoms with Crippen LogP contribution < -0.4 is 0 Å². The predicted octanol–water partition coefficient (Wildman–Crippen LogP) is 2.94. The molecule has 0 aliphatic heterocycles. The SMILES string of the molecule is CCN(CC)C(=O)n1cnc(SCc2cccs2)n1. The third kappa shape index (κ3) is 3.57. The van der Waals surface area contributed by atoms with Crippen molar-refractivity contribution in [2.75, 3.05) is 13.1 Å². The Hall–Kier alpha value is -1.34. The summed E-state index contributed by atoms with van der Waals surface area (Å²) in [6.45, 7) is 5.25. The van der Waals surface area contributed by atoms with Crippen molar-refractivity contribution in [3.8, 4) is 0 Å². The van der Waals surface area contributed by atoms with Gasteiger partial charge in [0.1, 0.15) is 6.33 Å². The Labute approximate surface area is 120 Å². The van der Waals surface area contributed by atoms with Crippen LogP contribution in [0, 0.1) is 0 Å². The highest BCUT2D eigenvalue weighted by atomic mass is 32.2. The molecule has 0 aromatic carbocycles. The van der Waals surface area contributed by atoms with Crippen LogP contribution in [0.4, 0.5) is 4.79 Å². The smallest absolute Gasteiger partial charge is 0.323 e. The minimum atomic E-state index is -0.125. The normalized spacial score (nSPS) is 10.6. The second-order valence-electron chi connectivity index (χ2n) is 3.79. The molecule has 0 bridgehead atoms. The fourth-order valence-electron chi connectivity index (χ4n) is 1.58. The number of aromatic nitrogens is 3. The van der Waals surface area contributed by atoms with E-state index in [4.69, 9.17) is 0 Å². The first kappa shape index (κ1) is 14.1. The summed E-state index contributed by atoms with van der Waals surface area (Å²) in [6, 6.07) is 3.98. The Morgan fingerprint density at radius 2 is 2.26 bits per heavy atom. The molecule has 7 heteroatoms. The van der Waals surface area contributed by atoms with E-state index < -0.39 is 0 Å². The Morgan fingerprint density at radius 3 is 2.89 bits per heavy atom. The molecular formula is C12H16N4OS2. The summed E-state index contributed by atoms with van der Waals surface area (Å²) in [6.07, 6.45) is 1.48. The van der Waals surface area contributed by atoms with Crippen molar-refractivity contribution in [3.05, 3.63) is 28.7 Å². The van der Waals surface area contributed by atoms with Gasteiger partial charge in [-0.1, -0.05) is 17.8 Å². The second kappa shape index (κ2) is 6.72. The molecule has 2 rings (SSSR count). The highest BCUT2D eigenvalue weighted by Gasteiger charge is 2.14. The molecule has 5 nitrogen and oxygen atoms in total. The van der Waals surface area contributed by atoms with Gasteiger partial charge >= 0.3 is 6.03 Å². The summed E-state index contributed by atoms with van der Waals surface area (Å²) in [7, 11) is 0. The third-order valence-electron chi connectivity index (χ3n) is 2.62. The minimum absolute atomic E-state index is 0.125. The van der Waals surface area contributed by atoms with E-state index in [1.807, 2.05) is 25.3 Å². The first-order valence-corrected chi connectivity index (χ1v) is 7.97. The third-order valence-corrected chi connectivity index (χ3v) is 4.58. The van der Waals surface area contributed by atoms with Gasteiger partial charge in [-0.05, 0) is 25.3 Å². The highest BCUT2D eigenvalue weighted by Crippen LogP contribution is 2.21. The lowest BCUT2D eigenvalue weighted by atomic mass is 10.5. The largest absolute Gasteiger partial charge is 0.346 e. The van der Waals surface area contributed by atoms with Crippen molar-refractivity contribution in [2.45, 2.75) is 24.8 Å². The number of hydrogen-bond donors (Lipinski definition) is 0. The lowest BCUT2D eigenvalue weighted by Crippen LogP contribution is -2.34. The monoisotopic (exact) mass is 296 g/mol. The van der Waals surface area contributed by atoms with Crippen molar-refractivity contribution in [3.63, 3.8) is 0 Å². The van der Waals surface area contributed by atoms with E-state index in [0.29, 0.717) is 18.2 Å². The van der Waals surface area contributed by atoms with Crippen LogP contribution in [-0.2, 0) is 5.75 Å². The number of thiophene rings is 1. The van der Waals surface area contributed by atoms with Gasteiger partial charge in [0.25, 0.3) is 0 Å². The topological polar surface area (TPSA) is 51.0 Å². The molecule has 0 fully saturated rings. The molecule has 2 heterocycles. The molecule has 2 aromatic rings. The molecule has 0 aliphatic rings. The van der Waals surface area contributed by atoms with E-state index in [2.05, 4.69) is 16.1 Å². The Bertz CT molecular complexity index is 520. The summed E-state index contributed by atoms with van der Waals surface area (Å²) >= 11 is 3.25. The number of rotatable bonds is 5. The number of amides is 1. The molecule has 0 N–H and O–H groups in total. The van der Waals surface area contributed by atoms with Crippen molar-refractivity contribution in [2.24, 2.45) is 0 Å². The van der Waals surface area contributed by atoms with Crippen molar-refractivity contribution < 1.29 is 4.79 Å². The van der Waals surface area contributed by atoms with Gasteiger partial charge in [0.2, 0.25) is 5.16 Å². The van der Waals surface area contributed by atoms with Gasteiger partial charge in [0.05, 0.1) is 0 Å². The zero-order chi connectivity index (χ0) is 13.7. The highest BCUT2D eigenvalue weighted by molar-refractivity contribution is 7.98. The molecule has 0 atom stereocenters. The fraction of sp³-hybridized carbons (Fsp3) is 0.417. The summed E-state index contributed by atoms with van der Waals surface area (Å²) in [5.41, 5.74) is 0. The van der Waals surface area contributed by atoms with Gasteiger partial charge in [0, 0.05) is 23.7 Å². The number of carbonyl (C=O) groups excluding carboxylic acids is 1. The summed E-state index contributed by atoms with van der Waals surface area (Å²) < 4.78 is 1.31. The lowest BCUT2D eigenvalue weighted by molar-refractivity contribution is 0.201. The number of nitrogens with zero attached hydrogens (tertiary/aromatic N) is 4. The summed E-state index contributed by atoms with van der Waals surface area (Å²) in [4.78, 5) is 19.2. The van der Waals surface area contributed by atoms with Crippen molar-refractivity contribution in [1.82, 2.24) is 19.7 Å². The minimum Gasteiger partial charge on any atom is -0.323 e. The van der Waals surface area contributed by atoms with Gasteiger partial charge in [-0.15, -0.1) is 16.4 Å². The van der Waals surface area contributed by atoms with E-state index in [-0.39, 0.29) is 6.03 Å². The maximum absolute atomic E-state index is 12.0. The Kier molecular flexibility index (Phi) is 4.98. The first-order chi connectivity index (χ1) is 9.24. The van der Waals surface area contributed by atoms with Gasteiger partial charge in [-0.2, -0.15) is 4.68 Å². The lowest BCUT2D eigenvalue weighted by Gasteiger charge is -2.17. The van der Waals surface area contributed by atoms with Crippen molar-refractivity contribution >= 4 is 29.1 Å². The van der Waals surface area contributed by atoms with Gasteiger partial charge < -0.3 is 4.90 Å². The number of hydrogen-bond acceptors (Lipinski definition) is 5. The zero-order valence-corrected chi connectivity index (χ0v) is 12.6. The maximum atomic E-state index is 12.0. The standard InChI is InChI=1S/C12H16N4OS2/c1-3-15(4-2)12(17)16-9-13-11(14-16)19-8-10-6-5-7-18-10/h5-7,9H,3-4,8H2,1-2H3. The van der Waals surface area contributed by atoms with Crippen LogP contribution in [0.3, 0.4) is 0 Å². The Balaban J connectivity index is 1.96. The van der Waals surface area contributed by atoms with Crippen LogP contribution in [0.25, 0.3) is 0 Å². The van der Waals surface area contributed by atoms with Crippen LogP contribution in [0.1, 0.15) is 18.7 Å². The van der Waals surface area contributed by atoms with E-state index in [1.54, 1.807) is 16.2 Å². The van der Waals surface area contributed by atoms with Crippen LogP contribution >= 0.6 is 23.1 Å². The molecule has 1 amide bonds. The average Bonchev–Trinajstić information content (AvgIpc) is 3.09. The molecule has 0 spiro atoms. The van der Waals surface area contributed by atoms with Gasteiger partial charge in [0.15, 0.2) is 0 Å². The molecule has 2 aromatic heterocycles. The van der Waals surface area contributed by atoms with Crippen molar-refractivity contribution in [1.29, 1.82) is 0 Å². The molecule has 102 valence electrons. The molecule has 0 aliphatic carbocycles. The van der Waals surface area contributed by atoms with E-state index in [9.17, 15) is 4.79 Å². The van der Waals surface area contributed by atoms with Gasteiger partial charge in [-0.3, -0.25) is 0 Å². The van der Waals surface area contributed by atoms with Crippen LogP contribution in [0.15, 0.2) is 29.0 Å². The summed E-state index contributed by atoms with van der Waals surface area (Å²) in [5.74, 6) is 0.834. The molecule has 19 heavy (non-hydrogen) atoms.